The molecule has 0 heterocycles. The summed E-state index contributed by atoms with van der Waals surface area (Å²) in [5.41, 5.74) is 1.60. The number of carbonyl (C=O) groups is 1. The second kappa shape index (κ2) is 6.44. The van der Waals surface area contributed by atoms with E-state index in [0.29, 0.717) is 6.42 Å². The Bertz CT molecular complexity index is 325. The van der Waals surface area contributed by atoms with Crippen LogP contribution in [0.4, 0.5) is 0 Å². The van der Waals surface area contributed by atoms with E-state index < -0.39 is 6.10 Å². The molecule has 0 aliphatic heterocycles. The molecule has 16 heavy (non-hydrogen) atoms. The molecule has 0 fully saturated rings. The average molecular weight is 220 g/mol. The Morgan fingerprint density at radius 3 is 2.38 bits per heavy atom. The molecule has 0 spiro atoms. The van der Waals surface area contributed by atoms with Gasteiger partial charge in [-0.05, 0) is 18.9 Å². The minimum Gasteiger partial charge on any atom is -0.389 e. The van der Waals surface area contributed by atoms with Gasteiger partial charge >= 0.3 is 0 Å². The van der Waals surface area contributed by atoms with Crippen LogP contribution in [0.1, 0.15) is 61.6 Å². The highest BCUT2D eigenvalue weighted by Crippen LogP contribution is 2.14. The number of benzene rings is 1. The van der Waals surface area contributed by atoms with Crippen LogP contribution in [-0.2, 0) is 0 Å². The Morgan fingerprint density at radius 2 is 1.88 bits per heavy atom. The second-order valence-electron chi connectivity index (χ2n) is 4.18. The van der Waals surface area contributed by atoms with Crippen LogP contribution in [0.3, 0.4) is 0 Å². The average Bonchev–Trinajstić information content (AvgIpc) is 2.29. The van der Waals surface area contributed by atoms with Gasteiger partial charge in [0.05, 0.1) is 6.10 Å². The minimum atomic E-state index is -0.468. The lowest BCUT2D eigenvalue weighted by molar-refractivity contribution is 0.0979. The first kappa shape index (κ1) is 12.9. The van der Waals surface area contributed by atoms with Crippen LogP contribution in [0.15, 0.2) is 24.3 Å². The number of rotatable bonds is 6. The van der Waals surface area contributed by atoms with E-state index in [2.05, 4.69) is 6.92 Å². The number of unbranched alkanes of at least 4 members (excludes halogenated alkanes) is 2. The molecular weight excluding hydrogens is 200 g/mol. The van der Waals surface area contributed by atoms with Gasteiger partial charge in [-0.3, -0.25) is 4.79 Å². The SMILES string of the molecule is CCCCCC(=O)c1ccc(C(C)O)cc1. The summed E-state index contributed by atoms with van der Waals surface area (Å²) in [7, 11) is 0. The van der Waals surface area contributed by atoms with Crippen LogP contribution in [0.5, 0.6) is 0 Å². The van der Waals surface area contributed by atoms with Gasteiger partial charge in [0.15, 0.2) is 5.78 Å². The van der Waals surface area contributed by atoms with Crippen LogP contribution >= 0.6 is 0 Å². The van der Waals surface area contributed by atoms with E-state index >= 15 is 0 Å². The van der Waals surface area contributed by atoms with E-state index in [4.69, 9.17) is 0 Å². The third kappa shape index (κ3) is 3.78. The molecule has 0 amide bonds. The first-order valence-corrected chi connectivity index (χ1v) is 5.96. The predicted molar refractivity (Wildman–Crippen MR) is 65.5 cm³/mol. The Morgan fingerprint density at radius 1 is 1.25 bits per heavy atom. The van der Waals surface area contributed by atoms with Crippen molar-refractivity contribution in [2.45, 2.75) is 45.6 Å². The van der Waals surface area contributed by atoms with E-state index in [1.807, 2.05) is 12.1 Å². The van der Waals surface area contributed by atoms with Crippen LogP contribution < -0.4 is 0 Å². The zero-order valence-corrected chi connectivity index (χ0v) is 10.1. The van der Waals surface area contributed by atoms with Crippen molar-refractivity contribution in [3.63, 3.8) is 0 Å². The lowest BCUT2D eigenvalue weighted by Crippen LogP contribution is -1.99. The summed E-state index contributed by atoms with van der Waals surface area (Å²) in [5.74, 6) is 0.200. The normalized spacial score (nSPS) is 12.4. The first-order chi connectivity index (χ1) is 7.65. The van der Waals surface area contributed by atoms with Gasteiger partial charge in [0, 0.05) is 12.0 Å². The maximum Gasteiger partial charge on any atom is 0.162 e. The summed E-state index contributed by atoms with van der Waals surface area (Å²) in [6, 6.07) is 7.24. The highest BCUT2D eigenvalue weighted by molar-refractivity contribution is 5.96. The molecule has 1 rings (SSSR count). The van der Waals surface area contributed by atoms with Crippen molar-refractivity contribution in [3.8, 4) is 0 Å². The Kier molecular flexibility index (Phi) is 5.20. The summed E-state index contributed by atoms with van der Waals surface area (Å²) in [6.45, 7) is 3.85. The fraction of sp³-hybridized carbons (Fsp3) is 0.500. The number of hydrogen-bond donors (Lipinski definition) is 1. The van der Waals surface area contributed by atoms with Gasteiger partial charge in [-0.25, -0.2) is 0 Å². The maximum atomic E-state index is 11.7. The lowest BCUT2D eigenvalue weighted by Gasteiger charge is -2.05. The number of aliphatic hydroxyl groups is 1. The van der Waals surface area contributed by atoms with Crippen molar-refractivity contribution in [2.24, 2.45) is 0 Å². The zero-order valence-electron chi connectivity index (χ0n) is 10.1. The van der Waals surface area contributed by atoms with E-state index in [9.17, 15) is 9.90 Å². The largest absolute Gasteiger partial charge is 0.389 e. The van der Waals surface area contributed by atoms with Gasteiger partial charge in [-0.15, -0.1) is 0 Å². The summed E-state index contributed by atoms with van der Waals surface area (Å²) in [5, 5.41) is 9.34. The molecule has 0 bridgehead atoms. The first-order valence-electron chi connectivity index (χ1n) is 5.96. The zero-order chi connectivity index (χ0) is 12.0. The smallest absolute Gasteiger partial charge is 0.162 e. The van der Waals surface area contributed by atoms with Gasteiger partial charge in [-0.2, -0.15) is 0 Å². The van der Waals surface area contributed by atoms with Crippen LogP contribution in [0.2, 0.25) is 0 Å². The fourth-order valence-corrected chi connectivity index (χ4v) is 1.63. The Balaban J connectivity index is 2.56. The molecule has 0 aromatic heterocycles. The highest BCUT2D eigenvalue weighted by atomic mass is 16.3. The van der Waals surface area contributed by atoms with Crippen molar-refractivity contribution in [1.82, 2.24) is 0 Å². The molecule has 1 atom stereocenters. The molecule has 1 unspecified atom stereocenters. The lowest BCUT2D eigenvalue weighted by atomic mass is 10.0. The van der Waals surface area contributed by atoms with Crippen LogP contribution in [0.25, 0.3) is 0 Å². The summed E-state index contributed by atoms with van der Waals surface area (Å²) in [4.78, 5) is 11.7. The summed E-state index contributed by atoms with van der Waals surface area (Å²) < 4.78 is 0. The highest BCUT2D eigenvalue weighted by Gasteiger charge is 2.06. The van der Waals surface area contributed by atoms with Crippen molar-refractivity contribution >= 4 is 5.78 Å². The van der Waals surface area contributed by atoms with Crippen molar-refractivity contribution < 1.29 is 9.90 Å². The van der Waals surface area contributed by atoms with Crippen molar-refractivity contribution in [3.05, 3.63) is 35.4 Å². The monoisotopic (exact) mass is 220 g/mol. The number of carbonyl (C=O) groups excluding carboxylic acids is 1. The van der Waals surface area contributed by atoms with Crippen LogP contribution in [-0.4, -0.2) is 10.9 Å². The molecule has 0 saturated heterocycles. The molecular formula is C14H20O2. The number of aliphatic hydroxyl groups excluding tert-OH is 1. The number of hydrogen-bond acceptors (Lipinski definition) is 2. The Labute approximate surface area is 97.3 Å². The van der Waals surface area contributed by atoms with Crippen molar-refractivity contribution in [2.75, 3.05) is 0 Å². The van der Waals surface area contributed by atoms with E-state index in [0.717, 1.165) is 30.4 Å². The van der Waals surface area contributed by atoms with E-state index in [1.54, 1.807) is 19.1 Å². The van der Waals surface area contributed by atoms with Gasteiger partial charge in [0.2, 0.25) is 0 Å². The maximum absolute atomic E-state index is 11.7. The van der Waals surface area contributed by atoms with Gasteiger partial charge in [0.25, 0.3) is 0 Å². The molecule has 88 valence electrons. The van der Waals surface area contributed by atoms with Crippen molar-refractivity contribution in [1.29, 1.82) is 0 Å². The number of ketones is 1. The standard InChI is InChI=1S/C14H20O2/c1-3-4-5-6-14(16)13-9-7-12(8-10-13)11(2)15/h7-11,15H,3-6H2,1-2H3. The molecule has 0 saturated carbocycles. The molecule has 1 N–H and O–H groups in total. The molecule has 2 heteroatoms. The quantitative estimate of drug-likeness (QED) is 0.588. The topological polar surface area (TPSA) is 37.3 Å². The molecule has 0 radical (unpaired) electrons. The third-order valence-electron chi connectivity index (χ3n) is 2.72. The minimum absolute atomic E-state index is 0.200. The molecule has 2 nitrogen and oxygen atoms in total. The third-order valence-corrected chi connectivity index (χ3v) is 2.72. The summed E-state index contributed by atoms with van der Waals surface area (Å²) >= 11 is 0. The van der Waals surface area contributed by atoms with E-state index in [1.165, 1.54) is 0 Å². The fourth-order valence-electron chi connectivity index (χ4n) is 1.63. The molecule has 1 aromatic rings. The number of Topliss-reactive ketones (excluding diaryl/α,β-unsaturated/α-hetero) is 1. The predicted octanol–water partition coefficient (Wildman–Crippen LogP) is 3.50. The molecule has 0 aliphatic carbocycles. The van der Waals surface area contributed by atoms with E-state index in [-0.39, 0.29) is 5.78 Å². The molecule has 0 aliphatic rings. The molecule has 1 aromatic carbocycles. The second-order valence-corrected chi connectivity index (χ2v) is 4.18. The van der Waals surface area contributed by atoms with Crippen LogP contribution in [0, 0.1) is 0 Å². The van der Waals surface area contributed by atoms with Gasteiger partial charge in [-0.1, -0.05) is 44.0 Å². The van der Waals surface area contributed by atoms with Gasteiger partial charge in [0.1, 0.15) is 0 Å². The Hall–Kier alpha value is -1.15. The van der Waals surface area contributed by atoms with Gasteiger partial charge < -0.3 is 5.11 Å². The summed E-state index contributed by atoms with van der Waals surface area (Å²) in [6.07, 6.45) is 3.37.